The predicted octanol–water partition coefficient (Wildman–Crippen LogP) is 3.83. The lowest BCUT2D eigenvalue weighted by molar-refractivity contribution is -0.0501. The monoisotopic (exact) mass is 349 g/mol. The van der Waals surface area contributed by atoms with Gasteiger partial charge in [-0.25, -0.2) is 0 Å². The molecule has 0 fully saturated rings. The molecule has 0 aliphatic heterocycles. The maximum absolute atomic E-state index is 12.3. The van der Waals surface area contributed by atoms with Crippen molar-refractivity contribution >= 4 is 21.8 Å². The number of carbonyl (C=O) groups is 1. The maximum Gasteiger partial charge on any atom is 0.387 e. The highest BCUT2D eigenvalue weighted by Crippen LogP contribution is 2.22. The van der Waals surface area contributed by atoms with Crippen LogP contribution < -0.4 is 10.1 Å². The highest BCUT2D eigenvalue weighted by Gasteiger charge is 2.20. The average Bonchev–Trinajstić information content (AvgIpc) is 2.36. The Labute approximate surface area is 125 Å². The Morgan fingerprint density at radius 1 is 1.40 bits per heavy atom. The van der Waals surface area contributed by atoms with Gasteiger partial charge in [0.05, 0.1) is 5.56 Å². The van der Waals surface area contributed by atoms with Gasteiger partial charge in [-0.3, -0.25) is 4.79 Å². The summed E-state index contributed by atoms with van der Waals surface area (Å²) in [5.41, 5.74) is 0.0416. The molecule has 3 nitrogen and oxygen atoms in total. The van der Waals surface area contributed by atoms with E-state index in [1.54, 1.807) is 12.1 Å². The van der Waals surface area contributed by atoms with E-state index in [0.717, 1.165) is 11.8 Å². The summed E-state index contributed by atoms with van der Waals surface area (Å²) in [6.07, 6.45) is 0.891. The molecule has 20 heavy (non-hydrogen) atoms. The number of carbonyl (C=O) groups excluding carboxylic acids is 1. The van der Waals surface area contributed by atoms with Crippen molar-refractivity contribution in [2.75, 3.05) is 11.9 Å². The Morgan fingerprint density at radius 3 is 2.65 bits per heavy atom. The molecule has 0 saturated heterocycles. The second-order valence-corrected chi connectivity index (χ2v) is 5.95. The minimum atomic E-state index is -2.95. The van der Waals surface area contributed by atoms with Crippen LogP contribution in [0.2, 0.25) is 0 Å². The minimum absolute atomic E-state index is 0.0718. The third kappa shape index (κ3) is 5.45. The first-order valence-electron chi connectivity index (χ1n) is 6.24. The third-order valence-electron chi connectivity index (χ3n) is 2.85. The van der Waals surface area contributed by atoms with Gasteiger partial charge in [0, 0.05) is 11.9 Å². The fourth-order valence-corrected chi connectivity index (χ4v) is 2.69. The van der Waals surface area contributed by atoms with Gasteiger partial charge in [0.25, 0.3) is 5.91 Å². The topological polar surface area (TPSA) is 38.3 Å². The van der Waals surface area contributed by atoms with E-state index in [4.69, 9.17) is 0 Å². The first-order valence-corrected chi connectivity index (χ1v) is 7.36. The predicted molar refractivity (Wildman–Crippen MR) is 77.6 cm³/mol. The Morgan fingerprint density at radius 2 is 2.05 bits per heavy atom. The van der Waals surface area contributed by atoms with Crippen LogP contribution in [0.15, 0.2) is 24.3 Å². The molecule has 0 spiro atoms. The Hall–Kier alpha value is -1.17. The number of benzene rings is 1. The van der Waals surface area contributed by atoms with E-state index in [2.05, 4.69) is 26.0 Å². The van der Waals surface area contributed by atoms with E-state index >= 15 is 0 Å². The molecule has 112 valence electrons. The van der Waals surface area contributed by atoms with Gasteiger partial charge in [-0.05, 0) is 24.0 Å². The normalized spacial score (nSPS) is 11.5. The Balaban J connectivity index is 2.73. The summed E-state index contributed by atoms with van der Waals surface area (Å²) in [4.78, 5) is 12.1. The van der Waals surface area contributed by atoms with E-state index in [-0.39, 0.29) is 16.7 Å². The van der Waals surface area contributed by atoms with Gasteiger partial charge in [-0.15, -0.1) is 0 Å². The first-order chi connectivity index (χ1) is 9.35. The molecule has 0 unspecified atom stereocenters. The van der Waals surface area contributed by atoms with Crippen LogP contribution in [-0.4, -0.2) is 24.4 Å². The van der Waals surface area contributed by atoms with Gasteiger partial charge in [-0.1, -0.05) is 41.9 Å². The van der Waals surface area contributed by atoms with Crippen molar-refractivity contribution in [1.82, 2.24) is 5.32 Å². The number of hydrogen-bond donors (Lipinski definition) is 1. The molecule has 0 saturated carbocycles. The van der Waals surface area contributed by atoms with Crippen LogP contribution in [0.4, 0.5) is 8.78 Å². The van der Waals surface area contributed by atoms with Crippen LogP contribution >= 0.6 is 15.9 Å². The second kappa shape index (κ2) is 7.57. The summed E-state index contributed by atoms with van der Waals surface area (Å²) in [6.45, 7) is 1.56. The molecule has 0 atom stereocenters. The van der Waals surface area contributed by atoms with Gasteiger partial charge >= 0.3 is 6.61 Å². The molecular formula is C14H18BrF2NO2. The minimum Gasteiger partial charge on any atom is -0.434 e. The number of nitrogens with one attached hydrogen (secondary N) is 1. The molecule has 0 radical (unpaired) electrons. The fraction of sp³-hybridized carbons (Fsp3) is 0.500. The highest BCUT2D eigenvalue weighted by atomic mass is 79.9. The molecule has 0 heterocycles. The fourth-order valence-electron chi connectivity index (χ4n) is 1.61. The lowest BCUT2D eigenvalue weighted by atomic mass is 9.90. The Kier molecular flexibility index (Phi) is 6.39. The highest BCUT2D eigenvalue weighted by molar-refractivity contribution is 9.09. The summed E-state index contributed by atoms with van der Waals surface area (Å²) in [7, 11) is 0. The van der Waals surface area contributed by atoms with E-state index in [9.17, 15) is 13.6 Å². The van der Waals surface area contributed by atoms with E-state index < -0.39 is 12.5 Å². The number of halogens is 3. The molecule has 1 N–H and O–H groups in total. The van der Waals surface area contributed by atoms with Crippen molar-refractivity contribution in [1.29, 1.82) is 0 Å². The summed E-state index contributed by atoms with van der Waals surface area (Å²) in [6, 6.07) is 5.97. The van der Waals surface area contributed by atoms with Crippen molar-refractivity contribution in [2.24, 2.45) is 5.41 Å². The number of hydrogen-bond acceptors (Lipinski definition) is 2. The van der Waals surface area contributed by atoms with Gasteiger partial charge in [0.1, 0.15) is 5.75 Å². The largest absolute Gasteiger partial charge is 0.434 e. The van der Waals surface area contributed by atoms with E-state index in [1.165, 1.54) is 12.1 Å². The van der Waals surface area contributed by atoms with Gasteiger partial charge < -0.3 is 10.1 Å². The van der Waals surface area contributed by atoms with Crippen LogP contribution in [0.25, 0.3) is 0 Å². The zero-order chi connectivity index (χ0) is 15.2. The van der Waals surface area contributed by atoms with Gasteiger partial charge in [0.2, 0.25) is 0 Å². The van der Waals surface area contributed by atoms with Crippen molar-refractivity contribution in [3.8, 4) is 5.75 Å². The molecule has 1 aromatic carbocycles. The van der Waals surface area contributed by atoms with Crippen molar-refractivity contribution < 1.29 is 18.3 Å². The summed E-state index contributed by atoms with van der Waals surface area (Å²) >= 11 is 3.36. The molecule has 6 heteroatoms. The number of ether oxygens (including phenoxy) is 1. The number of amides is 1. The van der Waals surface area contributed by atoms with Crippen LogP contribution in [0.5, 0.6) is 5.75 Å². The van der Waals surface area contributed by atoms with Crippen molar-refractivity contribution in [3.63, 3.8) is 0 Å². The SMILES string of the molecule is CC(C)(CCBr)CNC(=O)c1ccccc1OC(F)F. The molecule has 0 aromatic heterocycles. The molecule has 0 aliphatic carbocycles. The van der Waals surface area contributed by atoms with Crippen LogP contribution in [0.3, 0.4) is 0 Å². The molecule has 1 aromatic rings. The third-order valence-corrected chi connectivity index (χ3v) is 3.24. The Bertz CT molecular complexity index is 453. The van der Waals surface area contributed by atoms with E-state index in [0.29, 0.717) is 6.54 Å². The zero-order valence-electron chi connectivity index (χ0n) is 11.5. The lowest BCUT2D eigenvalue weighted by Crippen LogP contribution is -2.34. The standard InChI is InChI=1S/C14H18BrF2NO2/c1-14(2,7-8-15)9-18-12(19)10-5-3-4-6-11(10)20-13(16)17/h3-6,13H,7-9H2,1-2H3,(H,18,19). The average molecular weight is 350 g/mol. The van der Waals surface area contributed by atoms with Crippen molar-refractivity contribution in [2.45, 2.75) is 26.9 Å². The smallest absolute Gasteiger partial charge is 0.387 e. The zero-order valence-corrected chi connectivity index (χ0v) is 13.0. The summed E-state index contributed by atoms with van der Waals surface area (Å²) in [5, 5.41) is 3.59. The van der Waals surface area contributed by atoms with E-state index in [1.807, 2.05) is 13.8 Å². The number of alkyl halides is 3. The van der Waals surface area contributed by atoms with Gasteiger partial charge in [-0.2, -0.15) is 8.78 Å². The van der Waals surface area contributed by atoms with Crippen molar-refractivity contribution in [3.05, 3.63) is 29.8 Å². The summed E-state index contributed by atoms with van der Waals surface area (Å²) < 4.78 is 28.9. The van der Waals surface area contributed by atoms with Gasteiger partial charge in [0.15, 0.2) is 0 Å². The number of rotatable bonds is 7. The molecule has 0 aliphatic rings. The second-order valence-electron chi connectivity index (χ2n) is 5.16. The maximum atomic E-state index is 12.3. The van der Waals surface area contributed by atoms with Crippen LogP contribution in [0, 0.1) is 5.41 Å². The molecule has 1 rings (SSSR count). The summed E-state index contributed by atoms with van der Waals surface area (Å²) in [5.74, 6) is -0.526. The molecular weight excluding hydrogens is 332 g/mol. The quantitative estimate of drug-likeness (QED) is 0.759. The van der Waals surface area contributed by atoms with Crippen LogP contribution in [0.1, 0.15) is 30.6 Å². The molecule has 0 bridgehead atoms. The molecule has 1 amide bonds. The number of para-hydroxylation sites is 1. The van der Waals surface area contributed by atoms with Crippen LogP contribution in [-0.2, 0) is 0 Å². The lowest BCUT2D eigenvalue weighted by Gasteiger charge is -2.24. The first kappa shape index (κ1) is 16.9.